The Morgan fingerprint density at radius 1 is 1.28 bits per heavy atom. The smallest absolute Gasteiger partial charge is 0.338 e. The van der Waals surface area contributed by atoms with Crippen LogP contribution in [0.5, 0.6) is 0 Å². The minimum absolute atomic E-state index is 0.140. The van der Waals surface area contributed by atoms with Crippen molar-refractivity contribution in [2.75, 3.05) is 18.5 Å². The molecule has 0 aliphatic rings. The monoisotopic (exact) mass is 250 g/mol. The summed E-state index contributed by atoms with van der Waals surface area (Å²) in [4.78, 5) is 22.8. The van der Waals surface area contributed by atoms with Gasteiger partial charge in [-0.3, -0.25) is 4.79 Å². The summed E-state index contributed by atoms with van der Waals surface area (Å²) in [5.74, 6) is -0.490. The minimum atomic E-state index is -0.350. The Morgan fingerprint density at radius 3 is 2.50 bits per heavy atom. The van der Waals surface area contributed by atoms with Crippen LogP contribution in [0.1, 0.15) is 30.1 Å². The molecule has 0 saturated carbocycles. The number of carbonyl (C=O) groups excluding carboxylic acids is 2. The molecule has 0 spiro atoms. The summed E-state index contributed by atoms with van der Waals surface area (Å²) in [5.41, 5.74) is 6.38. The van der Waals surface area contributed by atoms with Crippen LogP contribution in [0, 0.1) is 0 Å². The molecule has 1 amide bonds. The highest BCUT2D eigenvalue weighted by atomic mass is 16.5. The van der Waals surface area contributed by atoms with E-state index in [2.05, 4.69) is 5.32 Å². The number of anilines is 1. The molecule has 0 fully saturated rings. The van der Waals surface area contributed by atoms with Crippen LogP contribution in [0.3, 0.4) is 0 Å². The third-order valence-electron chi connectivity index (χ3n) is 2.21. The van der Waals surface area contributed by atoms with E-state index in [9.17, 15) is 9.59 Å². The van der Waals surface area contributed by atoms with E-state index in [4.69, 9.17) is 10.5 Å². The molecule has 0 saturated heterocycles. The average molecular weight is 250 g/mol. The molecule has 0 aliphatic carbocycles. The quantitative estimate of drug-likeness (QED) is 0.750. The van der Waals surface area contributed by atoms with Gasteiger partial charge >= 0.3 is 5.97 Å². The maximum Gasteiger partial charge on any atom is 0.338 e. The van der Waals surface area contributed by atoms with Gasteiger partial charge in [0, 0.05) is 18.7 Å². The highest BCUT2D eigenvalue weighted by Crippen LogP contribution is 2.11. The van der Waals surface area contributed by atoms with Crippen molar-refractivity contribution in [1.82, 2.24) is 0 Å². The second-order valence-electron chi connectivity index (χ2n) is 3.80. The molecule has 3 N–H and O–H groups in total. The third-order valence-corrected chi connectivity index (χ3v) is 2.21. The van der Waals surface area contributed by atoms with Crippen LogP contribution in [0.25, 0.3) is 0 Å². The van der Waals surface area contributed by atoms with Crippen molar-refractivity contribution in [1.29, 1.82) is 0 Å². The summed E-state index contributed by atoms with van der Waals surface area (Å²) >= 11 is 0. The lowest BCUT2D eigenvalue weighted by Crippen LogP contribution is -2.16. The maximum atomic E-state index is 11.5. The maximum absolute atomic E-state index is 11.5. The molecular formula is C13H18N2O3. The number of ether oxygens (including phenoxy) is 1. The normalized spacial score (nSPS) is 9.89. The molecule has 5 nitrogen and oxygen atoms in total. The highest BCUT2D eigenvalue weighted by molar-refractivity contribution is 5.93. The molecule has 1 aromatic carbocycles. The number of nitrogens with two attached hydrogens (primary N) is 1. The van der Waals surface area contributed by atoms with Crippen molar-refractivity contribution in [2.24, 2.45) is 5.73 Å². The second kappa shape index (κ2) is 7.45. The van der Waals surface area contributed by atoms with E-state index in [1.807, 2.05) is 6.92 Å². The first-order valence-electron chi connectivity index (χ1n) is 5.94. The van der Waals surface area contributed by atoms with E-state index >= 15 is 0 Å². The molecule has 18 heavy (non-hydrogen) atoms. The SMILES string of the molecule is CCCOC(=O)c1ccc(NC(=O)CCN)cc1. The largest absolute Gasteiger partial charge is 0.462 e. The highest BCUT2D eigenvalue weighted by Gasteiger charge is 2.07. The summed E-state index contributed by atoms with van der Waals surface area (Å²) in [7, 11) is 0. The second-order valence-corrected chi connectivity index (χ2v) is 3.80. The number of hydrogen-bond acceptors (Lipinski definition) is 4. The van der Waals surface area contributed by atoms with Crippen LogP contribution >= 0.6 is 0 Å². The molecule has 0 aromatic heterocycles. The van der Waals surface area contributed by atoms with E-state index in [1.165, 1.54) is 0 Å². The summed E-state index contributed by atoms with van der Waals surface area (Å²) in [6, 6.07) is 6.57. The zero-order valence-corrected chi connectivity index (χ0v) is 10.4. The number of nitrogens with one attached hydrogen (secondary N) is 1. The number of carbonyl (C=O) groups is 2. The van der Waals surface area contributed by atoms with E-state index in [1.54, 1.807) is 24.3 Å². The van der Waals surface area contributed by atoms with Crippen LogP contribution in [0.2, 0.25) is 0 Å². The zero-order valence-electron chi connectivity index (χ0n) is 10.4. The van der Waals surface area contributed by atoms with Crippen LogP contribution in [-0.4, -0.2) is 25.0 Å². The first-order valence-corrected chi connectivity index (χ1v) is 5.94. The van der Waals surface area contributed by atoms with E-state index in [0.717, 1.165) is 6.42 Å². The van der Waals surface area contributed by atoms with Gasteiger partial charge < -0.3 is 15.8 Å². The summed E-state index contributed by atoms with van der Waals surface area (Å²) in [6.07, 6.45) is 1.07. The van der Waals surface area contributed by atoms with Gasteiger partial charge in [0.15, 0.2) is 0 Å². The predicted molar refractivity (Wildman–Crippen MR) is 69.3 cm³/mol. The Kier molecular flexibility index (Phi) is 5.87. The van der Waals surface area contributed by atoms with Gasteiger partial charge in [-0.25, -0.2) is 4.79 Å². The van der Waals surface area contributed by atoms with Crippen LogP contribution in [-0.2, 0) is 9.53 Å². The van der Waals surface area contributed by atoms with Crippen LogP contribution in [0.15, 0.2) is 24.3 Å². The van der Waals surface area contributed by atoms with Crippen molar-refractivity contribution < 1.29 is 14.3 Å². The van der Waals surface area contributed by atoms with Gasteiger partial charge in [0.2, 0.25) is 5.91 Å². The lowest BCUT2D eigenvalue weighted by Gasteiger charge is -2.06. The molecule has 0 heterocycles. The van der Waals surface area contributed by atoms with Gasteiger partial charge in [0.05, 0.1) is 12.2 Å². The number of hydrogen-bond donors (Lipinski definition) is 2. The lowest BCUT2D eigenvalue weighted by atomic mass is 10.2. The van der Waals surface area contributed by atoms with Crippen molar-refractivity contribution in [2.45, 2.75) is 19.8 Å². The average Bonchev–Trinajstić information content (AvgIpc) is 2.37. The summed E-state index contributed by atoms with van der Waals surface area (Å²) in [6.45, 7) is 2.66. The molecule has 1 aromatic rings. The van der Waals surface area contributed by atoms with Gasteiger partial charge in [-0.2, -0.15) is 0 Å². The van der Waals surface area contributed by atoms with Gasteiger partial charge in [-0.05, 0) is 30.7 Å². The summed E-state index contributed by atoms with van der Waals surface area (Å²) in [5, 5.41) is 2.68. The Balaban J connectivity index is 2.57. The van der Waals surface area contributed by atoms with Gasteiger partial charge in [-0.15, -0.1) is 0 Å². The fourth-order valence-corrected chi connectivity index (χ4v) is 1.32. The van der Waals surface area contributed by atoms with E-state index in [-0.39, 0.29) is 18.3 Å². The Hall–Kier alpha value is -1.88. The standard InChI is InChI=1S/C13H18N2O3/c1-2-9-18-13(17)10-3-5-11(6-4-10)15-12(16)7-8-14/h3-6H,2,7-9,14H2,1H3,(H,15,16). The first-order chi connectivity index (χ1) is 8.67. The fourth-order valence-electron chi connectivity index (χ4n) is 1.32. The first kappa shape index (κ1) is 14.2. The molecule has 1 rings (SSSR count). The van der Waals surface area contributed by atoms with E-state index in [0.29, 0.717) is 24.4 Å². The van der Waals surface area contributed by atoms with Crippen molar-refractivity contribution in [3.05, 3.63) is 29.8 Å². The molecule has 0 aliphatic heterocycles. The molecule has 0 bridgehead atoms. The lowest BCUT2D eigenvalue weighted by molar-refractivity contribution is -0.116. The molecule has 5 heteroatoms. The number of esters is 1. The molecule has 0 radical (unpaired) electrons. The number of amides is 1. The number of rotatable bonds is 6. The zero-order chi connectivity index (χ0) is 13.4. The van der Waals surface area contributed by atoms with E-state index < -0.39 is 0 Å². The van der Waals surface area contributed by atoms with Crippen LogP contribution in [0.4, 0.5) is 5.69 Å². The number of benzene rings is 1. The van der Waals surface area contributed by atoms with Gasteiger partial charge in [0.1, 0.15) is 0 Å². The molecule has 0 atom stereocenters. The summed E-state index contributed by atoms with van der Waals surface area (Å²) < 4.78 is 4.99. The van der Waals surface area contributed by atoms with Crippen LogP contribution < -0.4 is 11.1 Å². The fraction of sp³-hybridized carbons (Fsp3) is 0.385. The Bertz CT molecular complexity index is 401. The Labute approximate surface area is 106 Å². The Morgan fingerprint density at radius 2 is 1.94 bits per heavy atom. The third kappa shape index (κ3) is 4.55. The topological polar surface area (TPSA) is 81.4 Å². The minimum Gasteiger partial charge on any atom is -0.462 e. The van der Waals surface area contributed by atoms with Crippen molar-refractivity contribution in [3.8, 4) is 0 Å². The van der Waals surface area contributed by atoms with Gasteiger partial charge in [-0.1, -0.05) is 6.92 Å². The molecule has 98 valence electrons. The predicted octanol–water partition coefficient (Wildman–Crippen LogP) is 1.54. The molecule has 0 unspecified atom stereocenters. The molecular weight excluding hydrogens is 232 g/mol. The van der Waals surface area contributed by atoms with Crippen molar-refractivity contribution in [3.63, 3.8) is 0 Å². The van der Waals surface area contributed by atoms with Crippen molar-refractivity contribution >= 4 is 17.6 Å². The van der Waals surface area contributed by atoms with Gasteiger partial charge in [0.25, 0.3) is 0 Å².